The van der Waals surface area contributed by atoms with Crippen molar-refractivity contribution in [1.82, 2.24) is 9.80 Å². The summed E-state index contributed by atoms with van der Waals surface area (Å²) in [5.41, 5.74) is 0.142. The standard InChI is InChI=1S/C24H35N3O6/c1-24(2,3)33-23(30)27-12-8-9-16(15-27)21(28)25-18-14-20(32-5)19(31-4)13-17(18)22(29)26-10-6-7-11-26/h13-14,16H,6-12,15H2,1-5H3,(H,25,28). The molecule has 0 bridgehead atoms. The fourth-order valence-corrected chi connectivity index (χ4v) is 4.17. The molecule has 0 aromatic heterocycles. The zero-order valence-electron chi connectivity index (χ0n) is 20.2. The summed E-state index contributed by atoms with van der Waals surface area (Å²) in [6, 6.07) is 3.23. The number of anilines is 1. The second kappa shape index (κ2) is 10.3. The molecule has 2 saturated heterocycles. The molecule has 2 heterocycles. The van der Waals surface area contributed by atoms with Crippen LogP contribution in [0.2, 0.25) is 0 Å². The summed E-state index contributed by atoms with van der Waals surface area (Å²) in [4.78, 5) is 42.2. The fraction of sp³-hybridized carbons (Fsp3) is 0.625. The third kappa shape index (κ3) is 6.09. The molecule has 2 fully saturated rings. The first kappa shape index (κ1) is 24.7. The minimum absolute atomic E-state index is 0.150. The first-order valence-electron chi connectivity index (χ1n) is 11.5. The Morgan fingerprint density at radius 3 is 2.15 bits per heavy atom. The highest BCUT2D eigenvalue weighted by molar-refractivity contribution is 6.05. The highest BCUT2D eigenvalue weighted by Gasteiger charge is 2.32. The van der Waals surface area contributed by atoms with Crippen molar-refractivity contribution in [3.05, 3.63) is 17.7 Å². The third-order valence-corrected chi connectivity index (χ3v) is 5.85. The molecule has 1 aromatic carbocycles. The van der Waals surface area contributed by atoms with Crippen LogP contribution in [0.4, 0.5) is 10.5 Å². The molecule has 2 aliphatic rings. The van der Waals surface area contributed by atoms with Crippen LogP contribution in [0.25, 0.3) is 0 Å². The number of amides is 3. The average Bonchev–Trinajstić information content (AvgIpc) is 3.32. The van der Waals surface area contributed by atoms with Crippen molar-refractivity contribution < 1.29 is 28.6 Å². The molecule has 9 nitrogen and oxygen atoms in total. The SMILES string of the molecule is COc1cc(NC(=O)C2CCCN(C(=O)OC(C)(C)C)C2)c(C(=O)N2CCCC2)cc1OC. The lowest BCUT2D eigenvalue weighted by molar-refractivity contribution is -0.121. The van der Waals surface area contributed by atoms with Gasteiger partial charge >= 0.3 is 6.09 Å². The van der Waals surface area contributed by atoms with Crippen LogP contribution in [0.3, 0.4) is 0 Å². The Labute approximate surface area is 195 Å². The number of hydrogen-bond donors (Lipinski definition) is 1. The van der Waals surface area contributed by atoms with E-state index in [0.717, 1.165) is 12.8 Å². The van der Waals surface area contributed by atoms with Crippen molar-refractivity contribution >= 4 is 23.6 Å². The minimum atomic E-state index is -0.600. The first-order chi connectivity index (χ1) is 15.6. The lowest BCUT2D eigenvalue weighted by atomic mass is 9.97. The van der Waals surface area contributed by atoms with Gasteiger partial charge in [-0.05, 0) is 52.5 Å². The van der Waals surface area contributed by atoms with Gasteiger partial charge in [0.1, 0.15) is 5.60 Å². The number of ether oxygens (including phenoxy) is 3. The molecule has 1 N–H and O–H groups in total. The predicted molar refractivity (Wildman–Crippen MR) is 124 cm³/mol. The van der Waals surface area contributed by atoms with Crippen molar-refractivity contribution in [2.75, 3.05) is 45.7 Å². The van der Waals surface area contributed by atoms with Crippen LogP contribution in [0.15, 0.2) is 12.1 Å². The minimum Gasteiger partial charge on any atom is -0.493 e. The maximum Gasteiger partial charge on any atom is 0.410 e. The molecule has 3 rings (SSSR count). The Morgan fingerprint density at radius 1 is 0.939 bits per heavy atom. The van der Waals surface area contributed by atoms with Gasteiger partial charge in [0.05, 0.1) is 31.4 Å². The van der Waals surface area contributed by atoms with E-state index in [1.807, 2.05) is 20.8 Å². The van der Waals surface area contributed by atoms with Crippen molar-refractivity contribution in [1.29, 1.82) is 0 Å². The van der Waals surface area contributed by atoms with E-state index < -0.39 is 17.6 Å². The van der Waals surface area contributed by atoms with Gasteiger partial charge in [0.25, 0.3) is 5.91 Å². The summed E-state index contributed by atoms with van der Waals surface area (Å²) in [7, 11) is 3.01. The van der Waals surface area contributed by atoms with Crippen molar-refractivity contribution in [2.24, 2.45) is 5.92 Å². The van der Waals surface area contributed by atoms with Crippen LogP contribution in [-0.2, 0) is 9.53 Å². The van der Waals surface area contributed by atoms with E-state index in [2.05, 4.69) is 5.32 Å². The monoisotopic (exact) mass is 461 g/mol. The average molecular weight is 462 g/mol. The number of benzene rings is 1. The number of nitrogens with zero attached hydrogens (tertiary/aromatic N) is 2. The Hall–Kier alpha value is -2.97. The number of likely N-dealkylation sites (tertiary alicyclic amines) is 2. The van der Waals surface area contributed by atoms with Gasteiger partial charge in [-0.3, -0.25) is 9.59 Å². The van der Waals surface area contributed by atoms with Gasteiger partial charge in [0.2, 0.25) is 5.91 Å². The second-order valence-corrected chi connectivity index (χ2v) is 9.51. The van der Waals surface area contributed by atoms with E-state index in [9.17, 15) is 14.4 Å². The number of piperidine rings is 1. The number of hydrogen-bond acceptors (Lipinski definition) is 6. The summed E-state index contributed by atoms with van der Waals surface area (Å²) < 4.78 is 16.2. The van der Waals surface area contributed by atoms with Gasteiger partial charge in [-0.2, -0.15) is 0 Å². The number of nitrogens with one attached hydrogen (secondary N) is 1. The molecule has 0 spiro atoms. The largest absolute Gasteiger partial charge is 0.493 e. The maximum atomic E-state index is 13.2. The summed E-state index contributed by atoms with van der Waals surface area (Å²) in [6.07, 6.45) is 2.85. The molecule has 1 aromatic rings. The first-order valence-corrected chi connectivity index (χ1v) is 11.5. The van der Waals surface area contributed by atoms with Crippen LogP contribution in [0.1, 0.15) is 56.8 Å². The van der Waals surface area contributed by atoms with E-state index in [1.165, 1.54) is 14.2 Å². The van der Waals surface area contributed by atoms with Crippen molar-refractivity contribution in [3.63, 3.8) is 0 Å². The molecular formula is C24H35N3O6. The zero-order valence-corrected chi connectivity index (χ0v) is 20.2. The van der Waals surface area contributed by atoms with Crippen LogP contribution in [0, 0.1) is 5.92 Å². The van der Waals surface area contributed by atoms with E-state index in [1.54, 1.807) is 21.9 Å². The van der Waals surface area contributed by atoms with E-state index in [-0.39, 0.29) is 18.4 Å². The van der Waals surface area contributed by atoms with E-state index in [0.29, 0.717) is 55.2 Å². The maximum absolute atomic E-state index is 13.2. The number of methoxy groups -OCH3 is 2. The molecule has 182 valence electrons. The molecule has 33 heavy (non-hydrogen) atoms. The Morgan fingerprint density at radius 2 is 1.55 bits per heavy atom. The number of carbonyl (C=O) groups is 3. The Balaban J connectivity index is 1.80. The topological polar surface area (TPSA) is 97.4 Å². The molecular weight excluding hydrogens is 426 g/mol. The molecule has 1 unspecified atom stereocenters. The summed E-state index contributed by atoms with van der Waals surface area (Å²) in [5.74, 6) is 0.0412. The van der Waals surface area contributed by atoms with Crippen LogP contribution >= 0.6 is 0 Å². The van der Waals surface area contributed by atoms with Crippen LogP contribution < -0.4 is 14.8 Å². The molecule has 3 amide bonds. The number of carbonyl (C=O) groups excluding carboxylic acids is 3. The van der Waals surface area contributed by atoms with Gasteiger partial charge in [0.15, 0.2) is 11.5 Å². The van der Waals surface area contributed by atoms with Crippen molar-refractivity contribution in [2.45, 2.75) is 52.1 Å². The highest BCUT2D eigenvalue weighted by atomic mass is 16.6. The van der Waals surface area contributed by atoms with Crippen molar-refractivity contribution in [3.8, 4) is 11.5 Å². The summed E-state index contributed by atoms with van der Waals surface area (Å²) in [5, 5.41) is 2.92. The molecule has 1 atom stereocenters. The lowest BCUT2D eigenvalue weighted by Gasteiger charge is -2.33. The third-order valence-electron chi connectivity index (χ3n) is 5.85. The predicted octanol–water partition coefficient (Wildman–Crippen LogP) is 3.53. The normalized spacial score (nSPS) is 18.6. The van der Waals surface area contributed by atoms with Gasteiger partial charge in [-0.25, -0.2) is 4.79 Å². The van der Waals surface area contributed by atoms with Gasteiger partial charge in [-0.15, -0.1) is 0 Å². The number of rotatable bonds is 5. The Bertz CT molecular complexity index is 889. The van der Waals surface area contributed by atoms with E-state index >= 15 is 0 Å². The fourth-order valence-electron chi connectivity index (χ4n) is 4.17. The van der Waals surface area contributed by atoms with Crippen LogP contribution in [0.5, 0.6) is 11.5 Å². The van der Waals surface area contributed by atoms with E-state index in [4.69, 9.17) is 14.2 Å². The van der Waals surface area contributed by atoms with Crippen LogP contribution in [-0.4, -0.2) is 73.7 Å². The van der Waals surface area contributed by atoms with Gasteiger partial charge < -0.3 is 29.3 Å². The molecule has 9 heteroatoms. The van der Waals surface area contributed by atoms with Gasteiger partial charge in [-0.1, -0.05) is 0 Å². The lowest BCUT2D eigenvalue weighted by Crippen LogP contribution is -2.45. The Kier molecular flexibility index (Phi) is 7.71. The second-order valence-electron chi connectivity index (χ2n) is 9.51. The highest BCUT2D eigenvalue weighted by Crippen LogP contribution is 2.35. The molecule has 2 aliphatic heterocycles. The molecule has 0 radical (unpaired) electrons. The quantitative estimate of drug-likeness (QED) is 0.721. The molecule has 0 aliphatic carbocycles. The van der Waals surface area contributed by atoms with Gasteiger partial charge in [0, 0.05) is 32.2 Å². The summed E-state index contributed by atoms with van der Waals surface area (Å²) >= 11 is 0. The molecule has 0 saturated carbocycles. The summed E-state index contributed by atoms with van der Waals surface area (Å²) in [6.45, 7) is 7.64. The zero-order chi connectivity index (χ0) is 24.2. The smallest absolute Gasteiger partial charge is 0.410 e.